The van der Waals surface area contributed by atoms with E-state index in [9.17, 15) is 0 Å². The molecule has 0 spiro atoms. The van der Waals surface area contributed by atoms with Crippen LogP contribution in [0.15, 0.2) is 24.8 Å². The molecule has 2 aliphatic heterocycles. The minimum atomic E-state index is -0.0821. The molecule has 10 nitrogen and oxygen atoms in total. The second kappa shape index (κ2) is 8.16. The molecule has 2 saturated heterocycles. The molecule has 29 heavy (non-hydrogen) atoms. The fourth-order valence-corrected chi connectivity index (χ4v) is 3.44. The van der Waals surface area contributed by atoms with Gasteiger partial charge < -0.3 is 20.1 Å². The Morgan fingerprint density at radius 3 is 2.69 bits per heavy atom. The van der Waals surface area contributed by atoms with Gasteiger partial charge in [-0.15, -0.1) is 0 Å². The number of aromatic nitrogens is 3. The van der Waals surface area contributed by atoms with Crippen molar-refractivity contribution in [1.82, 2.24) is 31.1 Å². The smallest absolute Gasteiger partial charge is 0.158 e. The van der Waals surface area contributed by atoms with Crippen LogP contribution in [-0.2, 0) is 0 Å². The maximum atomic E-state index is 8.83. The number of rotatable bonds is 7. The summed E-state index contributed by atoms with van der Waals surface area (Å²) in [6.45, 7) is 4.70. The molecule has 152 valence electrons. The standard InChI is InChI=1S/C19H24N8O2/c1-19(9-22-10-19)11-29-15-7-21-6-14(28-2)18(15)13-3-16(27-26-13)25-17-8-23-12(4-20)5-24-17/h5-8,13,16,22,26-27H,3,9-11H2,1-2H3,(H,24,25). The normalized spacial score (nSPS) is 22.4. The number of ether oxygens (including phenoxy) is 2. The minimum absolute atomic E-state index is 0.0425. The molecule has 4 heterocycles. The fourth-order valence-electron chi connectivity index (χ4n) is 3.44. The lowest BCUT2D eigenvalue weighted by Crippen LogP contribution is -2.54. The number of methoxy groups -OCH3 is 1. The van der Waals surface area contributed by atoms with E-state index in [0.717, 1.165) is 30.8 Å². The maximum absolute atomic E-state index is 8.83. The summed E-state index contributed by atoms with van der Waals surface area (Å²) in [6, 6.07) is 1.92. The van der Waals surface area contributed by atoms with Crippen molar-refractivity contribution in [2.45, 2.75) is 25.6 Å². The number of nitrogens with one attached hydrogen (secondary N) is 4. The zero-order valence-corrected chi connectivity index (χ0v) is 16.4. The highest BCUT2D eigenvalue weighted by molar-refractivity contribution is 5.45. The Labute approximate surface area is 169 Å². The van der Waals surface area contributed by atoms with Crippen LogP contribution in [0.2, 0.25) is 0 Å². The summed E-state index contributed by atoms with van der Waals surface area (Å²) >= 11 is 0. The van der Waals surface area contributed by atoms with Crippen LogP contribution in [0.3, 0.4) is 0 Å². The number of hydrazine groups is 1. The SMILES string of the molecule is COc1cncc(OCC2(C)CNC2)c1C1CC(Nc2cnc(C#N)cn2)NN1. The van der Waals surface area contributed by atoms with Crippen LogP contribution in [0.25, 0.3) is 0 Å². The van der Waals surface area contributed by atoms with Gasteiger partial charge in [-0.25, -0.2) is 20.8 Å². The molecule has 4 N–H and O–H groups in total. The number of pyridine rings is 1. The first kappa shape index (κ1) is 19.3. The second-order valence-corrected chi connectivity index (χ2v) is 7.63. The van der Waals surface area contributed by atoms with Crippen LogP contribution >= 0.6 is 0 Å². The van der Waals surface area contributed by atoms with Crippen LogP contribution in [0.4, 0.5) is 5.82 Å². The van der Waals surface area contributed by atoms with Crippen LogP contribution in [0, 0.1) is 16.7 Å². The summed E-state index contributed by atoms with van der Waals surface area (Å²) in [5.41, 5.74) is 7.87. The number of hydrogen-bond acceptors (Lipinski definition) is 10. The van der Waals surface area contributed by atoms with Crippen molar-refractivity contribution in [1.29, 1.82) is 5.26 Å². The topological polar surface area (TPSA) is 129 Å². The third kappa shape index (κ3) is 4.22. The Balaban J connectivity index is 1.46. The van der Waals surface area contributed by atoms with E-state index >= 15 is 0 Å². The van der Waals surface area contributed by atoms with Gasteiger partial charge in [0.2, 0.25) is 0 Å². The van der Waals surface area contributed by atoms with E-state index < -0.39 is 0 Å². The van der Waals surface area contributed by atoms with Gasteiger partial charge in [-0.3, -0.25) is 4.98 Å². The van der Waals surface area contributed by atoms with E-state index in [1.54, 1.807) is 25.7 Å². The summed E-state index contributed by atoms with van der Waals surface area (Å²) in [4.78, 5) is 12.5. The van der Waals surface area contributed by atoms with Crippen molar-refractivity contribution < 1.29 is 9.47 Å². The molecular formula is C19H24N8O2. The van der Waals surface area contributed by atoms with Crippen LogP contribution in [0.5, 0.6) is 11.5 Å². The average molecular weight is 396 g/mol. The molecule has 2 aromatic heterocycles. The molecule has 0 radical (unpaired) electrons. The first-order valence-electron chi connectivity index (χ1n) is 9.45. The molecular weight excluding hydrogens is 372 g/mol. The molecule has 0 saturated carbocycles. The predicted octanol–water partition coefficient (Wildman–Crippen LogP) is 0.717. The van der Waals surface area contributed by atoms with Gasteiger partial charge in [-0.05, 0) is 0 Å². The molecule has 2 aromatic rings. The van der Waals surface area contributed by atoms with Crippen LogP contribution < -0.4 is 31.0 Å². The van der Waals surface area contributed by atoms with E-state index in [-0.39, 0.29) is 23.3 Å². The van der Waals surface area contributed by atoms with Gasteiger partial charge in [0.05, 0.1) is 56.3 Å². The molecule has 4 rings (SSSR count). The zero-order valence-electron chi connectivity index (χ0n) is 16.4. The summed E-state index contributed by atoms with van der Waals surface area (Å²) in [6.07, 6.45) is 7.06. The van der Waals surface area contributed by atoms with Gasteiger partial charge >= 0.3 is 0 Å². The number of hydrogen-bond donors (Lipinski definition) is 4. The summed E-state index contributed by atoms with van der Waals surface area (Å²) < 4.78 is 11.7. The van der Waals surface area contributed by atoms with Crippen molar-refractivity contribution >= 4 is 5.82 Å². The number of nitriles is 1. The lowest BCUT2D eigenvalue weighted by Gasteiger charge is -2.39. The molecule has 10 heteroatoms. The Morgan fingerprint density at radius 1 is 1.21 bits per heavy atom. The van der Waals surface area contributed by atoms with E-state index in [4.69, 9.17) is 14.7 Å². The van der Waals surface area contributed by atoms with Gasteiger partial charge in [0.25, 0.3) is 0 Å². The lowest BCUT2D eigenvalue weighted by molar-refractivity contribution is 0.100. The van der Waals surface area contributed by atoms with Crippen molar-refractivity contribution in [3.63, 3.8) is 0 Å². The minimum Gasteiger partial charge on any atom is -0.495 e. The van der Waals surface area contributed by atoms with Gasteiger partial charge in [-0.2, -0.15) is 5.26 Å². The molecule has 0 aromatic carbocycles. The van der Waals surface area contributed by atoms with E-state index in [1.807, 2.05) is 6.07 Å². The molecule has 2 atom stereocenters. The fraction of sp³-hybridized carbons (Fsp3) is 0.474. The number of nitrogens with zero attached hydrogens (tertiary/aromatic N) is 4. The molecule has 0 bridgehead atoms. The first-order valence-corrected chi connectivity index (χ1v) is 9.45. The van der Waals surface area contributed by atoms with Crippen molar-refractivity contribution in [3.05, 3.63) is 36.0 Å². The Hall–Kier alpha value is -3.00. The highest BCUT2D eigenvalue weighted by Crippen LogP contribution is 2.37. The summed E-state index contributed by atoms with van der Waals surface area (Å²) in [5.74, 6) is 1.99. The van der Waals surface area contributed by atoms with E-state index in [1.165, 1.54) is 6.20 Å². The van der Waals surface area contributed by atoms with Gasteiger partial charge in [0.1, 0.15) is 23.4 Å². The monoisotopic (exact) mass is 396 g/mol. The Bertz CT molecular complexity index is 894. The van der Waals surface area contributed by atoms with Crippen molar-refractivity contribution in [2.75, 3.05) is 32.1 Å². The Morgan fingerprint density at radius 2 is 2.03 bits per heavy atom. The predicted molar refractivity (Wildman–Crippen MR) is 105 cm³/mol. The lowest BCUT2D eigenvalue weighted by atomic mass is 9.85. The van der Waals surface area contributed by atoms with Gasteiger partial charge in [-0.1, -0.05) is 6.92 Å². The van der Waals surface area contributed by atoms with Gasteiger partial charge in [0.15, 0.2) is 5.69 Å². The third-order valence-electron chi connectivity index (χ3n) is 5.15. The molecule has 2 unspecified atom stereocenters. The quantitative estimate of drug-likeness (QED) is 0.531. The average Bonchev–Trinajstić information content (AvgIpc) is 3.19. The highest BCUT2D eigenvalue weighted by Gasteiger charge is 2.34. The Kier molecular flexibility index (Phi) is 5.44. The molecule has 0 aliphatic carbocycles. The molecule has 2 fully saturated rings. The summed E-state index contributed by atoms with van der Waals surface area (Å²) in [5, 5.41) is 15.4. The van der Waals surface area contributed by atoms with Crippen LogP contribution in [0.1, 0.15) is 30.6 Å². The third-order valence-corrected chi connectivity index (χ3v) is 5.15. The van der Waals surface area contributed by atoms with Crippen molar-refractivity contribution in [3.8, 4) is 17.6 Å². The highest BCUT2D eigenvalue weighted by atomic mass is 16.5. The summed E-state index contributed by atoms with van der Waals surface area (Å²) in [7, 11) is 1.63. The van der Waals surface area contributed by atoms with Gasteiger partial charge in [0, 0.05) is 24.9 Å². The zero-order chi connectivity index (χ0) is 20.3. The largest absolute Gasteiger partial charge is 0.495 e. The van der Waals surface area contributed by atoms with E-state index in [0.29, 0.717) is 18.2 Å². The van der Waals surface area contributed by atoms with Crippen LogP contribution in [-0.4, -0.2) is 47.9 Å². The second-order valence-electron chi connectivity index (χ2n) is 7.63. The first-order chi connectivity index (χ1) is 14.1. The molecule has 0 amide bonds. The maximum Gasteiger partial charge on any atom is 0.158 e. The molecule has 2 aliphatic rings. The van der Waals surface area contributed by atoms with E-state index in [2.05, 4.69) is 43.4 Å². The number of anilines is 1. The van der Waals surface area contributed by atoms with Crippen molar-refractivity contribution in [2.24, 2.45) is 5.41 Å².